The molecule has 1 nitrogen and oxygen atoms in total. The van der Waals surface area contributed by atoms with E-state index in [0.29, 0.717) is 17.8 Å². The van der Waals surface area contributed by atoms with Crippen molar-refractivity contribution in [2.45, 2.75) is 65.4 Å². The molecule has 1 aromatic rings. The van der Waals surface area contributed by atoms with Crippen LogP contribution in [0.3, 0.4) is 0 Å². The third-order valence-electron chi connectivity index (χ3n) is 4.86. The van der Waals surface area contributed by atoms with Crippen LogP contribution >= 0.6 is 0 Å². The summed E-state index contributed by atoms with van der Waals surface area (Å²) < 4.78 is 0. The molecule has 1 aliphatic rings. The van der Waals surface area contributed by atoms with Crippen LogP contribution in [0.15, 0.2) is 24.3 Å². The molecular weight excluding hydrogens is 244 g/mol. The number of hydrogen-bond donors (Lipinski definition) is 1. The summed E-state index contributed by atoms with van der Waals surface area (Å²) >= 11 is 0. The zero-order chi connectivity index (χ0) is 14.5. The highest BCUT2D eigenvalue weighted by Crippen LogP contribution is 2.40. The van der Waals surface area contributed by atoms with Crippen LogP contribution in [-0.4, -0.2) is 5.11 Å². The van der Waals surface area contributed by atoms with E-state index < -0.39 is 0 Å². The van der Waals surface area contributed by atoms with E-state index in [1.54, 1.807) is 0 Å². The second-order valence-corrected chi connectivity index (χ2v) is 6.90. The fraction of sp³-hybridized carbons (Fsp3) is 0.684. The summed E-state index contributed by atoms with van der Waals surface area (Å²) in [5.74, 6) is 1.85. The summed E-state index contributed by atoms with van der Waals surface area (Å²) in [5.41, 5.74) is 2.49. The molecule has 0 aliphatic heterocycles. The first-order chi connectivity index (χ1) is 9.61. The van der Waals surface area contributed by atoms with Crippen LogP contribution in [0.25, 0.3) is 0 Å². The van der Waals surface area contributed by atoms with Gasteiger partial charge in [-0.15, -0.1) is 0 Å². The van der Waals surface area contributed by atoms with Crippen molar-refractivity contribution in [2.24, 2.45) is 17.8 Å². The molecule has 112 valence electrons. The minimum Gasteiger partial charge on any atom is -0.388 e. The quantitative estimate of drug-likeness (QED) is 0.788. The molecule has 0 spiro atoms. The second kappa shape index (κ2) is 7.26. The van der Waals surface area contributed by atoms with Gasteiger partial charge in [0.1, 0.15) is 0 Å². The van der Waals surface area contributed by atoms with Crippen LogP contribution in [0.4, 0.5) is 0 Å². The Kier molecular flexibility index (Phi) is 5.65. The highest BCUT2D eigenvalue weighted by Gasteiger charge is 2.30. The van der Waals surface area contributed by atoms with E-state index in [0.717, 1.165) is 12.0 Å². The average Bonchev–Trinajstić information content (AvgIpc) is 2.46. The Labute approximate surface area is 124 Å². The molecule has 0 radical (unpaired) electrons. The summed E-state index contributed by atoms with van der Waals surface area (Å²) in [4.78, 5) is 0. The Bertz CT molecular complexity index is 393. The Hall–Kier alpha value is -0.820. The van der Waals surface area contributed by atoms with E-state index >= 15 is 0 Å². The Morgan fingerprint density at radius 3 is 2.35 bits per heavy atom. The van der Waals surface area contributed by atoms with Gasteiger partial charge in [-0.1, -0.05) is 70.7 Å². The number of aliphatic hydroxyl groups excluding tert-OH is 1. The predicted molar refractivity (Wildman–Crippen MR) is 85.7 cm³/mol. The second-order valence-electron chi connectivity index (χ2n) is 6.90. The molecule has 1 aliphatic carbocycles. The summed E-state index contributed by atoms with van der Waals surface area (Å²) in [7, 11) is 0. The van der Waals surface area contributed by atoms with Crippen molar-refractivity contribution < 1.29 is 5.11 Å². The summed E-state index contributed by atoms with van der Waals surface area (Å²) in [6, 6.07) is 8.68. The monoisotopic (exact) mass is 274 g/mol. The van der Waals surface area contributed by atoms with Gasteiger partial charge in [-0.25, -0.2) is 0 Å². The molecule has 0 heterocycles. The van der Waals surface area contributed by atoms with E-state index in [1.165, 1.54) is 37.7 Å². The zero-order valence-corrected chi connectivity index (χ0v) is 13.3. The molecule has 1 fully saturated rings. The van der Waals surface area contributed by atoms with Crippen molar-refractivity contribution >= 4 is 0 Å². The SMILES string of the molecule is CCC1CCCCC1C(O)c1ccc(CC(C)C)cc1. The number of rotatable bonds is 5. The van der Waals surface area contributed by atoms with Gasteiger partial charge in [0, 0.05) is 0 Å². The third kappa shape index (κ3) is 3.85. The fourth-order valence-corrected chi connectivity index (χ4v) is 3.73. The molecule has 0 amide bonds. The smallest absolute Gasteiger partial charge is 0.0820 e. The van der Waals surface area contributed by atoms with Crippen molar-refractivity contribution in [2.75, 3.05) is 0 Å². The maximum absolute atomic E-state index is 10.7. The van der Waals surface area contributed by atoms with Crippen LogP contribution < -0.4 is 0 Å². The van der Waals surface area contributed by atoms with Gasteiger partial charge in [0.2, 0.25) is 0 Å². The third-order valence-corrected chi connectivity index (χ3v) is 4.86. The van der Waals surface area contributed by atoms with Crippen molar-refractivity contribution in [3.8, 4) is 0 Å². The van der Waals surface area contributed by atoms with Crippen LogP contribution in [0.2, 0.25) is 0 Å². The highest BCUT2D eigenvalue weighted by molar-refractivity contribution is 5.25. The molecule has 1 saturated carbocycles. The molecule has 20 heavy (non-hydrogen) atoms. The number of benzene rings is 1. The average molecular weight is 274 g/mol. The lowest BCUT2D eigenvalue weighted by Crippen LogP contribution is -2.25. The van der Waals surface area contributed by atoms with Gasteiger partial charge in [-0.05, 0) is 41.7 Å². The normalized spacial score (nSPS) is 24.9. The molecule has 1 N–H and O–H groups in total. The Morgan fingerprint density at radius 2 is 1.75 bits per heavy atom. The highest BCUT2D eigenvalue weighted by atomic mass is 16.3. The molecular formula is C19H30O. The molecule has 1 heteroatoms. The van der Waals surface area contributed by atoms with Crippen molar-refractivity contribution in [3.05, 3.63) is 35.4 Å². The number of aliphatic hydroxyl groups is 1. The molecule has 2 rings (SSSR count). The van der Waals surface area contributed by atoms with Crippen molar-refractivity contribution in [1.29, 1.82) is 0 Å². The lowest BCUT2D eigenvalue weighted by Gasteiger charge is -2.34. The van der Waals surface area contributed by atoms with Crippen molar-refractivity contribution in [3.63, 3.8) is 0 Å². The van der Waals surface area contributed by atoms with Crippen LogP contribution in [0.1, 0.15) is 70.1 Å². The van der Waals surface area contributed by atoms with E-state index in [2.05, 4.69) is 45.0 Å². The lowest BCUT2D eigenvalue weighted by atomic mass is 9.73. The van der Waals surface area contributed by atoms with Gasteiger partial charge in [0.05, 0.1) is 6.10 Å². The molecule has 1 aromatic carbocycles. The van der Waals surface area contributed by atoms with E-state index in [-0.39, 0.29) is 6.10 Å². The van der Waals surface area contributed by atoms with Crippen LogP contribution in [0.5, 0.6) is 0 Å². The van der Waals surface area contributed by atoms with Gasteiger partial charge in [-0.2, -0.15) is 0 Å². The topological polar surface area (TPSA) is 20.2 Å². The minimum absolute atomic E-state index is 0.270. The van der Waals surface area contributed by atoms with Gasteiger partial charge in [0.25, 0.3) is 0 Å². The predicted octanol–water partition coefficient (Wildman–Crippen LogP) is 5.13. The first-order valence-electron chi connectivity index (χ1n) is 8.38. The summed E-state index contributed by atoms with van der Waals surface area (Å²) in [6.45, 7) is 6.76. The van der Waals surface area contributed by atoms with Gasteiger partial charge in [-0.3, -0.25) is 0 Å². The zero-order valence-electron chi connectivity index (χ0n) is 13.3. The standard InChI is InChI=1S/C19H30O/c1-4-16-7-5-6-8-18(16)19(20)17-11-9-15(10-12-17)13-14(2)3/h9-12,14,16,18-20H,4-8,13H2,1-3H3. The van der Waals surface area contributed by atoms with E-state index in [9.17, 15) is 5.11 Å². The Morgan fingerprint density at radius 1 is 1.10 bits per heavy atom. The molecule has 3 unspecified atom stereocenters. The maximum atomic E-state index is 10.7. The molecule has 0 saturated heterocycles. The van der Waals surface area contributed by atoms with Crippen molar-refractivity contribution in [1.82, 2.24) is 0 Å². The van der Waals surface area contributed by atoms with Gasteiger partial charge in [0.15, 0.2) is 0 Å². The minimum atomic E-state index is -0.270. The first kappa shape index (κ1) is 15.6. The first-order valence-corrected chi connectivity index (χ1v) is 8.38. The largest absolute Gasteiger partial charge is 0.388 e. The molecule has 3 atom stereocenters. The van der Waals surface area contributed by atoms with Crippen LogP contribution in [0, 0.1) is 17.8 Å². The number of hydrogen-bond acceptors (Lipinski definition) is 1. The summed E-state index contributed by atoms with van der Waals surface area (Å²) in [6.07, 6.45) is 7.16. The summed E-state index contributed by atoms with van der Waals surface area (Å²) in [5, 5.41) is 10.7. The van der Waals surface area contributed by atoms with E-state index in [1.807, 2.05) is 0 Å². The lowest BCUT2D eigenvalue weighted by molar-refractivity contribution is 0.0452. The van der Waals surface area contributed by atoms with Gasteiger partial charge >= 0.3 is 0 Å². The Balaban J connectivity index is 2.05. The van der Waals surface area contributed by atoms with Crippen LogP contribution in [-0.2, 0) is 6.42 Å². The fourth-order valence-electron chi connectivity index (χ4n) is 3.73. The van der Waals surface area contributed by atoms with E-state index in [4.69, 9.17) is 0 Å². The molecule has 0 aromatic heterocycles. The maximum Gasteiger partial charge on any atom is 0.0820 e. The van der Waals surface area contributed by atoms with Gasteiger partial charge < -0.3 is 5.11 Å². The molecule has 0 bridgehead atoms.